The van der Waals surface area contributed by atoms with Crippen LogP contribution in [0.4, 0.5) is 0 Å². The zero-order valence-electron chi connectivity index (χ0n) is 22.6. The number of ketones is 1. The molecule has 3 rings (SSSR count). The van der Waals surface area contributed by atoms with Crippen LogP contribution < -0.4 is 0 Å². The Bertz CT molecular complexity index is 985. The lowest BCUT2D eigenvalue weighted by molar-refractivity contribution is -0.154. The van der Waals surface area contributed by atoms with Gasteiger partial charge in [0.2, 0.25) is 0 Å². The van der Waals surface area contributed by atoms with E-state index in [2.05, 4.69) is 0 Å². The van der Waals surface area contributed by atoms with Gasteiger partial charge in [-0.1, -0.05) is 81.4 Å². The average molecular weight is 507 g/mol. The zero-order chi connectivity index (χ0) is 26.6. The molecule has 0 N–H and O–H groups in total. The number of esters is 2. The fourth-order valence-corrected chi connectivity index (χ4v) is 5.40. The molecule has 0 amide bonds. The van der Waals surface area contributed by atoms with Crippen molar-refractivity contribution in [3.8, 4) is 0 Å². The van der Waals surface area contributed by atoms with Gasteiger partial charge in [0.25, 0.3) is 0 Å². The van der Waals surface area contributed by atoms with Crippen molar-refractivity contribution in [3.05, 3.63) is 71.8 Å². The zero-order valence-corrected chi connectivity index (χ0v) is 22.6. The number of rotatable bonds is 13. The number of hydrogen-bond acceptors (Lipinski definition) is 5. The molecule has 3 unspecified atom stereocenters. The Morgan fingerprint density at radius 3 is 2.03 bits per heavy atom. The summed E-state index contributed by atoms with van der Waals surface area (Å²) in [5.41, 5.74) is 1.91. The molecule has 1 saturated carbocycles. The van der Waals surface area contributed by atoms with Crippen molar-refractivity contribution >= 4 is 17.7 Å². The minimum atomic E-state index is -0.323. The third-order valence-corrected chi connectivity index (χ3v) is 7.65. The van der Waals surface area contributed by atoms with Crippen LogP contribution in [0.25, 0.3) is 0 Å². The minimum absolute atomic E-state index is 0.0813. The van der Waals surface area contributed by atoms with Crippen molar-refractivity contribution in [2.24, 2.45) is 29.6 Å². The van der Waals surface area contributed by atoms with Crippen molar-refractivity contribution in [3.63, 3.8) is 0 Å². The lowest BCUT2D eigenvalue weighted by Crippen LogP contribution is -2.35. The molecule has 1 aliphatic rings. The molecule has 1 aliphatic carbocycles. The summed E-state index contributed by atoms with van der Waals surface area (Å²) in [6.45, 7) is 6.59. The van der Waals surface area contributed by atoms with Crippen LogP contribution in [0.3, 0.4) is 0 Å². The third kappa shape index (κ3) is 8.84. The maximum atomic E-state index is 13.3. The summed E-state index contributed by atoms with van der Waals surface area (Å²) >= 11 is 0. The topological polar surface area (TPSA) is 69.7 Å². The molecule has 5 heteroatoms. The molecule has 1 fully saturated rings. The van der Waals surface area contributed by atoms with Crippen LogP contribution in [0.1, 0.15) is 76.8 Å². The number of benzene rings is 2. The van der Waals surface area contributed by atoms with Crippen molar-refractivity contribution in [1.82, 2.24) is 0 Å². The molecule has 2 aromatic rings. The van der Waals surface area contributed by atoms with Gasteiger partial charge < -0.3 is 9.47 Å². The summed E-state index contributed by atoms with van der Waals surface area (Å²) in [7, 11) is 0. The molecule has 200 valence electrons. The van der Waals surface area contributed by atoms with Gasteiger partial charge in [0, 0.05) is 12.3 Å². The summed E-state index contributed by atoms with van der Waals surface area (Å²) < 4.78 is 11.4. The summed E-state index contributed by atoms with van der Waals surface area (Å²) in [4.78, 5) is 38.9. The Hall–Kier alpha value is -2.95. The Morgan fingerprint density at radius 1 is 0.865 bits per heavy atom. The molecule has 37 heavy (non-hydrogen) atoms. The van der Waals surface area contributed by atoms with E-state index in [1.165, 1.54) is 0 Å². The van der Waals surface area contributed by atoms with Crippen LogP contribution in [-0.2, 0) is 37.1 Å². The molecule has 0 aromatic heterocycles. The van der Waals surface area contributed by atoms with Gasteiger partial charge in [-0.15, -0.1) is 0 Å². The Labute approximate surface area is 221 Å². The standard InChI is InChI=1S/C32H42O5/c1-4-11-30(33)27-17-16-26(29(20-27)32(35)37-22-25-14-9-6-10-15-25)18-19-28(23(2)3)31(34)36-21-24-12-7-5-8-13-24/h5-10,12-15,23,26-29H,4,11,16-22H2,1-3H3/t26?,27?,28-,29?/m0/s1. The van der Waals surface area contributed by atoms with Crippen LogP contribution in [0.2, 0.25) is 0 Å². The SMILES string of the molecule is CCCC(=O)C1CCC(CC[C@H](C(=O)OCc2ccccc2)C(C)C)C(C(=O)OCc2ccccc2)C1. The minimum Gasteiger partial charge on any atom is -0.461 e. The van der Waals surface area contributed by atoms with E-state index in [1.54, 1.807) is 0 Å². The molecule has 0 bridgehead atoms. The number of ether oxygens (including phenoxy) is 2. The van der Waals surface area contributed by atoms with Crippen LogP contribution in [-0.4, -0.2) is 17.7 Å². The second-order valence-electron chi connectivity index (χ2n) is 10.7. The van der Waals surface area contributed by atoms with Gasteiger partial charge >= 0.3 is 11.9 Å². The van der Waals surface area contributed by atoms with E-state index >= 15 is 0 Å². The van der Waals surface area contributed by atoms with Crippen molar-refractivity contribution in [2.45, 2.75) is 78.9 Å². The third-order valence-electron chi connectivity index (χ3n) is 7.65. The predicted octanol–water partition coefficient (Wildman–Crippen LogP) is 6.93. The first-order valence-corrected chi connectivity index (χ1v) is 13.8. The first-order chi connectivity index (χ1) is 17.9. The van der Waals surface area contributed by atoms with Crippen LogP contribution in [0, 0.1) is 29.6 Å². The van der Waals surface area contributed by atoms with E-state index in [9.17, 15) is 14.4 Å². The van der Waals surface area contributed by atoms with Crippen molar-refractivity contribution in [1.29, 1.82) is 0 Å². The highest BCUT2D eigenvalue weighted by Gasteiger charge is 2.39. The molecule has 5 nitrogen and oxygen atoms in total. The number of hydrogen-bond donors (Lipinski definition) is 0. The normalized spacial score (nSPS) is 20.3. The smallest absolute Gasteiger partial charge is 0.309 e. The number of carbonyl (C=O) groups is 3. The van der Waals surface area contributed by atoms with Gasteiger partial charge in [-0.25, -0.2) is 0 Å². The highest BCUT2D eigenvalue weighted by Crippen LogP contribution is 2.39. The van der Waals surface area contributed by atoms with Crippen molar-refractivity contribution in [2.75, 3.05) is 0 Å². The van der Waals surface area contributed by atoms with E-state index < -0.39 is 0 Å². The fraction of sp³-hybridized carbons (Fsp3) is 0.531. The molecule has 2 aromatic carbocycles. The van der Waals surface area contributed by atoms with Crippen molar-refractivity contribution < 1.29 is 23.9 Å². The van der Waals surface area contributed by atoms with E-state index in [4.69, 9.17) is 9.47 Å². The van der Waals surface area contributed by atoms with Crippen LogP contribution in [0.5, 0.6) is 0 Å². The largest absolute Gasteiger partial charge is 0.461 e. The lowest BCUT2D eigenvalue weighted by atomic mass is 9.69. The second-order valence-corrected chi connectivity index (χ2v) is 10.7. The maximum Gasteiger partial charge on any atom is 0.309 e. The summed E-state index contributed by atoms with van der Waals surface area (Å²) in [5, 5.41) is 0. The van der Waals surface area contributed by atoms with E-state index in [-0.39, 0.29) is 60.5 Å². The summed E-state index contributed by atoms with van der Waals surface area (Å²) in [6.07, 6.45) is 4.93. The van der Waals surface area contributed by atoms with E-state index in [0.29, 0.717) is 19.3 Å². The Kier molecular flexibility index (Phi) is 11.4. The average Bonchev–Trinajstić information content (AvgIpc) is 2.91. The quantitative estimate of drug-likeness (QED) is 0.276. The summed E-state index contributed by atoms with van der Waals surface area (Å²) in [5.74, 6) is -0.565. The molecule has 0 radical (unpaired) electrons. The monoisotopic (exact) mass is 506 g/mol. The lowest BCUT2D eigenvalue weighted by Gasteiger charge is -2.35. The first-order valence-electron chi connectivity index (χ1n) is 13.8. The van der Waals surface area contributed by atoms with Crippen LogP contribution >= 0.6 is 0 Å². The second kappa shape index (κ2) is 14.7. The molecular formula is C32H42O5. The number of carbonyl (C=O) groups excluding carboxylic acids is 3. The van der Waals surface area contributed by atoms with Gasteiger partial charge in [-0.3, -0.25) is 14.4 Å². The van der Waals surface area contributed by atoms with Gasteiger partial charge in [0.15, 0.2) is 0 Å². The molecule has 0 saturated heterocycles. The Morgan fingerprint density at radius 2 is 1.46 bits per heavy atom. The Balaban J connectivity index is 1.63. The van der Waals surface area contributed by atoms with Gasteiger partial charge in [0.05, 0.1) is 11.8 Å². The first kappa shape index (κ1) is 28.6. The number of Topliss-reactive ketones (excluding diaryl/α,β-unsaturated/α-hetero) is 1. The van der Waals surface area contributed by atoms with Crippen LogP contribution in [0.15, 0.2) is 60.7 Å². The predicted molar refractivity (Wildman–Crippen MR) is 144 cm³/mol. The van der Waals surface area contributed by atoms with Gasteiger partial charge in [-0.2, -0.15) is 0 Å². The maximum absolute atomic E-state index is 13.3. The molecular weight excluding hydrogens is 464 g/mol. The summed E-state index contributed by atoms with van der Waals surface area (Å²) in [6, 6.07) is 19.4. The molecule has 0 aliphatic heterocycles. The van der Waals surface area contributed by atoms with E-state index in [0.717, 1.165) is 36.8 Å². The molecule has 0 spiro atoms. The molecule has 4 atom stereocenters. The van der Waals surface area contributed by atoms with Gasteiger partial charge in [0.1, 0.15) is 19.0 Å². The van der Waals surface area contributed by atoms with Gasteiger partial charge in [-0.05, 0) is 61.5 Å². The van der Waals surface area contributed by atoms with E-state index in [1.807, 2.05) is 81.4 Å². The highest BCUT2D eigenvalue weighted by molar-refractivity contribution is 5.82. The fourth-order valence-electron chi connectivity index (χ4n) is 5.40. The molecule has 0 heterocycles. The highest BCUT2D eigenvalue weighted by atomic mass is 16.5.